The molecule has 158 valence electrons. The first-order valence-corrected chi connectivity index (χ1v) is 10.3. The maximum Gasteiger partial charge on any atom is 0.340 e. The van der Waals surface area contributed by atoms with Crippen molar-refractivity contribution in [2.24, 2.45) is 0 Å². The number of carbonyl (C=O) groups excluding carboxylic acids is 2. The van der Waals surface area contributed by atoms with E-state index in [2.05, 4.69) is 15.4 Å². The van der Waals surface area contributed by atoms with Gasteiger partial charge in [0, 0.05) is 16.5 Å². The number of methoxy groups -OCH3 is 1. The molecule has 0 unspecified atom stereocenters. The third-order valence-electron chi connectivity index (χ3n) is 4.77. The SMILES string of the molecule is COC(=O)c1cc(C)sc1NC(=O)Cn1nc(C)c2c(-c3ccc(F)cc3)ccnc21. The molecule has 4 aromatic rings. The lowest BCUT2D eigenvalue weighted by molar-refractivity contribution is -0.116. The number of amides is 1. The molecule has 0 fully saturated rings. The largest absolute Gasteiger partial charge is 0.465 e. The Balaban J connectivity index is 1.64. The number of fused-ring (bicyclic) bond motifs is 1. The average molecular weight is 438 g/mol. The number of benzene rings is 1. The highest BCUT2D eigenvalue weighted by atomic mass is 32.1. The molecule has 4 rings (SSSR count). The Bertz CT molecular complexity index is 1290. The van der Waals surface area contributed by atoms with Crippen LogP contribution < -0.4 is 5.32 Å². The Morgan fingerprint density at radius 2 is 1.94 bits per heavy atom. The van der Waals surface area contributed by atoms with Gasteiger partial charge in [0.15, 0.2) is 5.65 Å². The van der Waals surface area contributed by atoms with Crippen molar-refractivity contribution in [2.45, 2.75) is 20.4 Å². The smallest absolute Gasteiger partial charge is 0.340 e. The van der Waals surface area contributed by atoms with Crippen LogP contribution in [0.4, 0.5) is 9.39 Å². The summed E-state index contributed by atoms with van der Waals surface area (Å²) in [7, 11) is 1.30. The number of nitrogens with zero attached hydrogens (tertiary/aromatic N) is 3. The van der Waals surface area contributed by atoms with Crippen LogP contribution in [0.15, 0.2) is 42.6 Å². The second-order valence-corrected chi connectivity index (χ2v) is 8.20. The summed E-state index contributed by atoms with van der Waals surface area (Å²) in [4.78, 5) is 29.9. The maximum atomic E-state index is 13.3. The van der Waals surface area contributed by atoms with E-state index in [1.165, 1.54) is 35.3 Å². The van der Waals surface area contributed by atoms with E-state index in [0.29, 0.717) is 21.9 Å². The lowest BCUT2D eigenvalue weighted by Gasteiger charge is -2.07. The van der Waals surface area contributed by atoms with Crippen LogP contribution >= 0.6 is 11.3 Å². The van der Waals surface area contributed by atoms with Gasteiger partial charge in [-0.15, -0.1) is 11.3 Å². The molecule has 7 nitrogen and oxygen atoms in total. The molecule has 31 heavy (non-hydrogen) atoms. The van der Waals surface area contributed by atoms with Gasteiger partial charge >= 0.3 is 5.97 Å². The number of hydrogen-bond donors (Lipinski definition) is 1. The summed E-state index contributed by atoms with van der Waals surface area (Å²) < 4.78 is 19.6. The van der Waals surface area contributed by atoms with Gasteiger partial charge in [0.2, 0.25) is 5.91 Å². The molecule has 3 aromatic heterocycles. The number of esters is 1. The highest BCUT2D eigenvalue weighted by Gasteiger charge is 2.20. The number of hydrogen-bond acceptors (Lipinski definition) is 6. The van der Waals surface area contributed by atoms with E-state index in [9.17, 15) is 14.0 Å². The van der Waals surface area contributed by atoms with E-state index in [0.717, 1.165) is 21.4 Å². The van der Waals surface area contributed by atoms with Crippen molar-refractivity contribution in [1.82, 2.24) is 14.8 Å². The molecule has 0 aliphatic rings. The van der Waals surface area contributed by atoms with Crippen molar-refractivity contribution in [1.29, 1.82) is 0 Å². The summed E-state index contributed by atoms with van der Waals surface area (Å²) in [5, 5.41) is 8.48. The number of halogens is 1. The normalized spacial score (nSPS) is 11.0. The van der Waals surface area contributed by atoms with E-state index in [-0.39, 0.29) is 18.3 Å². The van der Waals surface area contributed by atoms with Crippen LogP contribution in [-0.2, 0) is 16.1 Å². The third kappa shape index (κ3) is 4.04. The molecular formula is C22H19FN4O3S. The lowest BCUT2D eigenvalue weighted by Crippen LogP contribution is -2.20. The van der Waals surface area contributed by atoms with Gasteiger partial charge in [0.05, 0.1) is 18.4 Å². The van der Waals surface area contributed by atoms with Crippen LogP contribution in [0, 0.1) is 19.7 Å². The molecule has 0 aliphatic heterocycles. The van der Waals surface area contributed by atoms with E-state index < -0.39 is 5.97 Å². The van der Waals surface area contributed by atoms with Crippen LogP contribution in [0.5, 0.6) is 0 Å². The van der Waals surface area contributed by atoms with E-state index in [1.54, 1.807) is 24.4 Å². The van der Waals surface area contributed by atoms with Gasteiger partial charge in [-0.05, 0) is 49.2 Å². The summed E-state index contributed by atoms with van der Waals surface area (Å²) in [6.07, 6.45) is 1.63. The first-order valence-electron chi connectivity index (χ1n) is 9.44. The Labute approximate surface area is 181 Å². The van der Waals surface area contributed by atoms with Crippen molar-refractivity contribution < 1.29 is 18.7 Å². The van der Waals surface area contributed by atoms with Gasteiger partial charge in [-0.3, -0.25) is 4.79 Å². The quantitative estimate of drug-likeness (QED) is 0.469. The van der Waals surface area contributed by atoms with E-state index in [1.807, 2.05) is 19.9 Å². The van der Waals surface area contributed by atoms with Gasteiger partial charge in [-0.1, -0.05) is 12.1 Å². The van der Waals surface area contributed by atoms with Crippen LogP contribution in [0.25, 0.3) is 22.2 Å². The summed E-state index contributed by atoms with van der Waals surface area (Å²) in [5.41, 5.74) is 3.26. The maximum absolute atomic E-state index is 13.3. The molecule has 1 aromatic carbocycles. The van der Waals surface area contributed by atoms with Gasteiger partial charge in [0.25, 0.3) is 0 Å². The fourth-order valence-corrected chi connectivity index (χ4v) is 4.35. The van der Waals surface area contributed by atoms with E-state index >= 15 is 0 Å². The second kappa shape index (κ2) is 8.27. The number of rotatable bonds is 5. The van der Waals surface area contributed by atoms with Crippen LogP contribution in [0.1, 0.15) is 20.9 Å². The number of pyridine rings is 1. The molecule has 3 heterocycles. The number of ether oxygens (including phenoxy) is 1. The zero-order valence-electron chi connectivity index (χ0n) is 17.1. The third-order valence-corrected chi connectivity index (χ3v) is 5.74. The number of aryl methyl sites for hydroxylation is 2. The summed E-state index contributed by atoms with van der Waals surface area (Å²) in [5.74, 6) is -1.16. The fourth-order valence-electron chi connectivity index (χ4n) is 3.43. The molecule has 9 heteroatoms. The Morgan fingerprint density at radius 1 is 1.19 bits per heavy atom. The fraction of sp³-hybridized carbons (Fsp3) is 0.182. The minimum atomic E-state index is -0.509. The van der Waals surface area contributed by atoms with Gasteiger partial charge in [-0.25, -0.2) is 18.9 Å². The zero-order chi connectivity index (χ0) is 22.1. The topological polar surface area (TPSA) is 86.1 Å². The number of aromatic nitrogens is 3. The highest BCUT2D eigenvalue weighted by Crippen LogP contribution is 2.31. The Hall–Kier alpha value is -3.59. The molecule has 0 atom stereocenters. The Kier molecular flexibility index (Phi) is 5.51. The standard InChI is InChI=1S/C22H19FN4O3S/c1-12-10-17(22(29)30-3)21(31-12)25-18(28)11-27-20-19(13(2)26-27)16(8-9-24-20)14-4-6-15(23)7-5-14/h4-10H,11H2,1-3H3,(H,25,28). The van der Waals surface area contributed by atoms with Crippen molar-refractivity contribution >= 4 is 39.2 Å². The molecule has 0 bridgehead atoms. The van der Waals surface area contributed by atoms with Crippen molar-refractivity contribution in [3.63, 3.8) is 0 Å². The molecule has 0 saturated heterocycles. The van der Waals surface area contributed by atoms with Crippen LogP contribution in [0.2, 0.25) is 0 Å². The number of thiophene rings is 1. The van der Waals surface area contributed by atoms with Crippen LogP contribution in [-0.4, -0.2) is 33.8 Å². The molecular weight excluding hydrogens is 419 g/mol. The zero-order valence-corrected chi connectivity index (χ0v) is 17.9. The van der Waals surface area contributed by atoms with Crippen molar-refractivity contribution in [2.75, 3.05) is 12.4 Å². The van der Waals surface area contributed by atoms with Gasteiger partial charge < -0.3 is 10.1 Å². The number of nitrogens with one attached hydrogen (secondary N) is 1. The molecule has 1 amide bonds. The highest BCUT2D eigenvalue weighted by molar-refractivity contribution is 7.16. The van der Waals surface area contributed by atoms with E-state index in [4.69, 9.17) is 4.74 Å². The lowest BCUT2D eigenvalue weighted by atomic mass is 10.0. The molecule has 0 aliphatic carbocycles. The average Bonchev–Trinajstić information content (AvgIpc) is 3.27. The first-order chi connectivity index (χ1) is 14.9. The molecule has 0 spiro atoms. The number of carbonyl (C=O) groups is 2. The molecule has 0 radical (unpaired) electrons. The molecule has 1 N–H and O–H groups in total. The summed E-state index contributed by atoms with van der Waals surface area (Å²) >= 11 is 1.30. The van der Waals surface area contributed by atoms with Crippen molar-refractivity contribution in [3.8, 4) is 11.1 Å². The van der Waals surface area contributed by atoms with Gasteiger partial charge in [-0.2, -0.15) is 5.10 Å². The minimum absolute atomic E-state index is 0.0816. The Morgan fingerprint density at radius 3 is 2.65 bits per heavy atom. The minimum Gasteiger partial charge on any atom is -0.465 e. The van der Waals surface area contributed by atoms with Crippen LogP contribution in [0.3, 0.4) is 0 Å². The second-order valence-electron chi connectivity index (χ2n) is 6.95. The predicted octanol–water partition coefficient (Wildman–Crippen LogP) is 4.34. The van der Waals surface area contributed by atoms with Crippen molar-refractivity contribution in [3.05, 3.63) is 64.5 Å². The number of anilines is 1. The summed E-state index contributed by atoms with van der Waals surface area (Å²) in [6.45, 7) is 3.60. The first kappa shape index (κ1) is 20.7. The summed E-state index contributed by atoms with van der Waals surface area (Å²) in [6, 6.07) is 9.71. The monoisotopic (exact) mass is 438 g/mol. The predicted molar refractivity (Wildman–Crippen MR) is 117 cm³/mol. The van der Waals surface area contributed by atoms with Gasteiger partial charge in [0.1, 0.15) is 17.4 Å². The molecule has 0 saturated carbocycles.